The van der Waals surface area contributed by atoms with E-state index in [1.807, 2.05) is 6.92 Å². The molecule has 0 aromatic heterocycles. The molecule has 0 radical (unpaired) electrons. The molecule has 1 fully saturated rings. The van der Waals surface area contributed by atoms with E-state index in [4.69, 9.17) is 0 Å². The van der Waals surface area contributed by atoms with Gasteiger partial charge in [0.2, 0.25) is 5.91 Å². The monoisotopic (exact) mass is 451 g/mol. The third-order valence-electron chi connectivity index (χ3n) is 4.49. The average molecular weight is 452 g/mol. The van der Waals surface area contributed by atoms with E-state index in [0.717, 1.165) is 28.2 Å². The first-order chi connectivity index (χ1) is 13.1. The van der Waals surface area contributed by atoms with Crippen molar-refractivity contribution in [2.75, 3.05) is 11.9 Å². The maximum Gasteiger partial charge on any atom is 0.325 e. The number of urea groups is 1. The number of halogens is 3. The Hall–Kier alpha value is -2.81. The van der Waals surface area contributed by atoms with Crippen molar-refractivity contribution in [2.45, 2.75) is 19.4 Å². The predicted octanol–water partition coefficient (Wildman–Crippen LogP) is 3.44. The molecule has 1 unspecified atom stereocenters. The van der Waals surface area contributed by atoms with Crippen molar-refractivity contribution in [2.24, 2.45) is 0 Å². The van der Waals surface area contributed by atoms with Gasteiger partial charge >= 0.3 is 6.03 Å². The number of nitrogens with one attached hydrogen (secondary N) is 2. The third kappa shape index (κ3) is 3.62. The largest absolute Gasteiger partial charge is 0.325 e. The Morgan fingerprint density at radius 3 is 2.61 bits per heavy atom. The molecule has 0 saturated carbocycles. The maximum atomic E-state index is 14.1. The number of anilines is 1. The highest BCUT2D eigenvalue weighted by Gasteiger charge is 2.50. The second-order valence-electron chi connectivity index (χ2n) is 6.58. The number of hydrogen-bond acceptors (Lipinski definition) is 3. The van der Waals surface area contributed by atoms with Crippen molar-refractivity contribution in [3.8, 4) is 0 Å². The number of nitrogens with zero attached hydrogens (tertiary/aromatic N) is 1. The fourth-order valence-electron chi connectivity index (χ4n) is 2.97. The first-order valence-corrected chi connectivity index (χ1v) is 9.07. The summed E-state index contributed by atoms with van der Waals surface area (Å²) in [6.07, 6.45) is 0. The Kier molecular flexibility index (Phi) is 5.20. The highest BCUT2D eigenvalue weighted by Crippen LogP contribution is 2.31. The van der Waals surface area contributed by atoms with Gasteiger partial charge in [-0.25, -0.2) is 13.6 Å². The summed E-state index contributed by atoms with van der Waals surface area (Å²) in [5.41, 5.74) is -0.728. The fraction of sp³-hybridized carbons (Fsp3) is 0.211. The molecular weight excluding hydrogens is 436 g/mol. The van der Waals surface area contributed by atoms with E-state index in [-0.39, 0.29) is 5.56 Å². The van der Waals surface area contributed by atoms with E-state index in [2.05, 4.69) is 26.6 Å². The van der Waals surface area contributed by atoms with Crippen LogP contribution in [-0.2, 0) is 15.1 Å². The van der Waals surface area contributed by atoms with E-state index in [1.165, 1.54) is 6.92 Å². The van der Waals surface area contributed by atoms with Crippen LogP contribution < -0.4 is 10.6 Å². The highest BCUT2D eigenvalue weighted by atomic mass is 79.9. The van der Waals surface area contributed by atoms with Gasteiger partial charge in [0.15, 0.2) is 0 Å². The molecule has 3 rings (SSSR count). The molecular formula is C19H16BrF2N3O3. The van der Waals surface area contributed by atoms with E-state index >= 15 is 0 Å². The zero-order chi connectivity index (χ0) is 20.6. The molecule has 146 valence electrons. The zero-order valence-corrected chi connectivity index (χ0v) is 16.6. The summed E-state index contributed by atoms with van der Waals surface area (Å²) in [5.74, 6) is -3.03. The van der Waals surface area contributed by atoms with Crippen molar-refractivity contribution in [3.63, 3.8) is 0 Å². The molecule has 2 aromatic rings. The lowest BCUT2D eigenvalue weighted by Gasteiger charge is -2.22. The average Bonchev–Trinajstić information content (AvgIpc) is 2.84. The van der Waals surface area contributed by atoms with Crippen LogP contribution in [0.3, 0.4) is 0 Å². The molecule has 0 spiro atoms. The lowest BCUT2D eigenvalue weighted by Crippen LogP contribution is -2.42. The van der Waals surface area contributed by atoms with Crippen LogP contribution in [0.5, 0.6) is 0 Å². The van der Waals surface area contributed by atoms with Crippen LogP contribution in [0.25, 0.3) is 0 Å². The van der Waals surface area contributed by atoms with E-state index in [0.29, 0.717) is 10.6 Å². The highest BCUT2D eigenvalue weighted by molar-refractivity contribution is 9.10. The number of carbonyl (C=O) groups excluding carboxylic acids is 3. The molecule has 1 heterocycles. The van der Waals surface area contributed by atoms with E-state index in [9.17, 15) is 23.2 Å². The minimum Gasteiger partial charge on any atom is -0.325 e. The van der Waals surface area contributed by atoms with Gasteiger partial charge in [-0.15, -0.1) is 0 Å². The zero-order valence-electron chi connectivity index (χ0n) is 15.0. The van der Waals surface area contributed by atoms with Gasteiger partial charge in [-0.2, -0.15) is 0 Å². The lowest BCUT2D eigenvalue weighted by molar-refractivity contribution is -0.133. The standard InChI is InChI=1S/C19H16BrF2N3O3/c1-10-7-12(4-5-14(10)20)23-16(26)9-25-17(27)19(2,24-18(25)28)13-8-11(21)3-6-15(13)22/h3-8H,9H2,1-2H3,(H,23,26)(H,24,28). The Morgan fingerprint density at radius 2 is 1.93 bits per heavy atom. The molecule has 1 saturated heterocycles. The number of carbonyl (C=O) groups is 3. The normalized spacial score (nSPS) is 19.0. The Bertz CT molecular complexity index is 998. The number of imide groups is 1. The summed E-state index contributed by atoms with van der Waals surface area (Å²) >= 11 is 3.35. The molecule has 0 aliphatic carbocycles. The van der Waals surface area contributed by atoms with Gasteiger partial charge in [0.25, 0.3) is 5.91 Å². The molecule has 4 amide bonds. The molecule has 6 nitrogen and oxygen atoms in total. The van der Waals surface area contributed by atoms with Gasteiger partial charge in [-0.05, 0) is 55.8 Å². The van der Waals surface area contributed by atoms with Crippen molar-refractivity contribution >= 4 is 39.5 Å². The first-order valence-electron chi connectivity index (χ1n) is 8.27. The second-order valence-corrected chi connectivity index (χ2v) is 7.44. The van der Waals surface area contributed by atoms with Crippen molar-refractivity contribution in [3.05, 3.63) is 63.6 Å². The van der Waals surface area contributed by atoms with Crippen LogP contribution in [0.15, 0.2) is 40.9 Å². The maximum absolute atomic E-state index is 14.1. The topological polar surface area (TPSA) is 78.5 Å². The SMILES string of the molecule is Cc1cc(NC(=O)CN2C(=O)NC(C)(c3cc(F)ccc3F)C2=O)ccc1Br. The van der Waals surface area contributed by atoms with Crippen LogP contribution in [0.4, 0.5) is 19.3 Å². The smallest absolute Gasteiger partial charge is 0.325 e. The molecule has 9 heteroatoms. The molecule has 2 aromatic carbocycles. The Morgan fingerprint density at radius 1 is 1.21 bits per heavy atom. The van der Waals surface area contributed by atoms with Crippen LogP contribution >= 0.6 is 15.9 Å². The summed E-state index contributed by atoms with van der Waals surface area (Å²) in [6.45, 7) is 2.55. The van der Waals surface area contributed by atoms with Crippen LogP contribution in [0.1, 0.15) is 18.1 Å². The number of rotatable bonds is 4. The van der Waals surface area contributed by atoms with Crippen LogP contribution in [-0.4, -0.2) is 29.3 Å². The van der Waals surface area contributed by atoms with Crippen molar-refractivity contribution in [1.82, 2.24) is 10.2 Å². The Balaban J connectivity index is 1.79. The summed E-state index contributed by atoms with van der Waals surface area (Å²) in [7, 11) is 0. The third-order valence-corrected chi connectivity index (χ3v) is 5.38. The summed E-state index contributed by atoms with van der Waals surface area (Å²) < 4.78 is 28.5. The van der Waals surface area contributed by atoms with Gasteiger partial charge < -0.3 is 10.6 Å². The van der Waals surface area contributed by atoms with Crippen molar-refractivity contribution < 1.29 is 23.2 Å². The minimum absolute atomic E-state index is 0.308. The van der Waals surface area contributed by atoms with Crippen LogP contribution in [0.2, 0.25) is 0 Å². The van der Waals surface area contributed by atoms with E-state index < -0.39 is 41.6 Å². The van der Waals surface area contributed by atoms with Gasteiger partial charge in [0.1, 0.15) is 23.7 Å². The number of amides is 4. The molecule has 1 aliphatic heterocycles. The number of benzene rings is 2. The second kappa shape index (κ2) is 7.31. The first kappa shape index (κ1) is 19.9. The van der Waals surface area contributed by atoms with Crippen molar-refractivity contribution in [1.29, 1.82) is 0 Å². The predicted molar refractivity (Wildman–Crippen MR) is 101 cm³/mol. The number of aryl methyl sites for hydroxylation is 1. The van der Waals surface area contributed by atoms with Crippen LogP contribution in [0, 0.1) is 18.6 Å². The molecule has 2 N–H and O–H groups in total. The molecule has 0 bridgehead atoms. The summed E-state index contributed by atoms with van der Waals surface area (Å²) in [5, 5.41) is 4.94. The summed E-state index contributed by atoms with van der Waals surface area (Å²) in [4.78, 5) is 38.0. The number of hydrogen-bond donors (Lipinski definition) is 2. The van der Waals surface area contributed by atoms with Gasteiger partial charge in [-0.1, -0.05) is 15.9 Å². The molecule has 1 aliphatic rings. The van der Waals surface area contributed by atoms with Gasteiger partial charge in [0, 0.05) is 15.7 Å². The summed E-state index contributed by atoms with van der Waals surface area (Å²) in [6, 6.07) is 6.91. The molecule has 28 heavy (non-hydrogen) atoms. The Labute approximate surface area is 168 Å². The minimum atomic E-state index is -1.81. The van der Waals surface area contributed by atoms with Gasteiger partial charge in [-0.3, -0.25) is 14.5 Å². The van der Waals surface area contributed by atoms with Gasteiger partial charge in [0.05, 0.1) is 0 Å². The lowest BCUT2D eigenvalue weighted by atomic mass is 9.91. The van der Waals surface area contributed by atoms with E-state index in [1.54, 1.807) is 18.2 Å². The fourth-order valence-corrected chi connectivity index (χ4v) is 3.22. The molecule has 1 atom stereocenters. The quantitative estimate of drug-likeness (QED) is 0.698.